The predicted octanol–water partition coefficient (Wildman–Crippen LogP) is 3.80. The van der Waals surface area contributed by atoms with Gasteiger partial charge in [0.1, 0.15) is 11.3 Å². The Morgan fingerprint density at radius 1 is 1.00 bits per heavy atom. The molecule has 198 valence electrons. The highest BCUT2D eigenvalue weighted by atomic mass is 35.5. The van der Waals surface area contributed by atoms with Gasteiger partial charge < -0.3 is 4.90 Å². The zero-order valence-electron chi connectivity index (χ0n) is 20.2. The van der Waals surface area contributed by atoms with Crippen LogP contribution in [0.5, 0.6) is 0 Å². The number of thiazole rings is 1. The van der Waals surface area contributed by atoms with E-state index in [1.807, 2.05) is 13.8 Å². The summed E-state index contributed by atoms with van der Waals surface area (Å²) in [5, 5.41) is 0.312. The second-order valence-corrected chi connectivity index (χ2v) is 13.1. The minimum absolute atomic E-state index is 0. The van der Waals surface area contributed by atoms with Gasteiger partial charge in [-0.1, -0.05) is 31.3 Å². The van der Waals surface area contributed by atoms with Gasteiger partial charge in [-0.2, -0.15) is 0 Å². The Morgan fingerprint density at radius 2 is 1.64 bits per heavy atom. The lowest BCUT2D eigenvalue weighted by Gasteiger charge is -2.24. The Kier molecular flexibility index (Phi) is 10.4. The van der Waals surface area contributed by atoms with Crippen LogP contribution >= 0.6 is 23.7 Å². The summed E-state index contributed by atoms with van der Waals surface area (Å²) in [6.07, 6.45) is 0.803. The molecule has 3 rings (SSSR count). The van der Waals surface area contributed by atoms with Crippen molar-refractivity contribution in [2.75, 3.05) is 43.1 Å². The number of fused-ring (bicyclic) bond motifs is 1. The molecule has 13 heteroatoms. The molecule has 36 heavy (non-hydrogen) atoms. The van der Waals surface area contributed by atoms with E-state index < -0.39 is 37.2 Å². The van der Waals surface area contributed by atoms with Crippen molar-refractivity contribution in [1.82, 2.24) is 9.88 Å². The Hall–Kier alpha value is -2.12. The number of anilines is 1. The zero-order valence-corrected chi connectivity index (χ0v) is 23.4. The Balaban J connectivity index is 0.00000456. The maximum atomic E-state index is 13.3. The van der Waals surface area contributed by atoms with Gasteiger partial charge in [0.05, 0.1) is 20.2 Å². The first kappa shape index (κ1) is 30.1. The third-order valence-electron chi connectivity index (χ3n) is 5.59. The lowest BCUT2D eigenvalue weighted by atomic mass is 10.3. The molecular weight excluding hydrogens is 549 g/mol. The van der Waals surface area contributed by atoms with Crippen LogP contribution in [0.4, 0.5) is 9.52 Å². The van der Waals surface area contributed by atoms with Crippen LogP contribution in [0.1, 0.15) is 20.3 Å². The average Bonchev–Trinajstić information content (AvgIpc) is 3.24. The van der Waals surface area contributed by atoms with Gasteiger partial charge in [0.25, 0.3) is 0 Å². The normalized spacial score (nSPS) is 12.0. The number of amides is 1. The number of carbonyl (C=O) groups excluding carboxylic acids is 1. The number of hydrogen-bond donors (Lipinski definition) is 0. The fraction of sp³-hybridized carbons (Fsp3) is 0.391. The number of aromatic nitrogens is 1. The molecule has 3 aromatic rings. The summed E-state index contributed by atoms with van der Waals surface area (Å²) in [6.45, 7) is 6.36. The lowest BCUT2D eigenvalue weighted by Crippen LogP contribution is -2.39. The summed E-state index contributed by atoms with van der Waals surface area (Å²) >= 11 is 1.18. The van der Waals surface area contributed by atoms with E-state index in [9.17, 15) is 26.0 Å². The highest BCUT2D eigenvalue weighted by Crippen LogP contribution is 2.33. The molecule has 0 aliphatic heterocycles. The highest BCUT2D eigenvalue weighted by Gasteiger charge is 2.25. The molecule has 0 aliphatic rings. The van der Waals surface area contributed by atoms with Crippen molar-refractivity contribution in [3.63, 3.8) is 0 Å². The second-order valence-electron chi connectivity index (χ2n) is 7.97. The molecule has 0 atom stereocenters. The molecule has 0 bridgehead atoms. The van der Waals surface area contributed by atoms with Gasteiger partial charge in [-0.3, -0.25) is 9.69 Å². The second kappa shape index (κ2) is 12.4. The summed E-state index contributed by atoms with van der Waals surface area (Å²) in [7, 11) is -7.33. The Labute approximate surface area is 221 Å². The number of benzene rings is 2. The van der Waals surface area contributed by atoms with E-state index in [2.05, 4.69) is 9.88 Å². The molecule has 0 N–H and O–H groups in total. The van der Waals surface area contributed by atoms with Crippen molar-refractivity contribution >= 4 is 64.7 Å². The first-order valence-corrected chi connectivity index (χ1v) is 15.4. The molecule has 1 amide bonds. The first-order chi connectivity index (χ1) is 16.5. The number of rotatable bonds is 11. The topological polar surface area (TPSA) is 105 Å². The van der Waals surface area contributed by atoms with E-state index in [4.69, 9.17) is 0 Å². The fourth-order valence-electron chi connectivity index (χ4n) is 3.55. The lowest BCUT2D eigenvalue weighted by molar-refractivity contribution is -0.118. The van der Waals surface area contributed by atoms with Crippen LogP contribution in [0.3, 0.4) is 0 Å². The van der Waals surface area contributed by atoms with E-state index in [0.29, 0.717) is 16.4 Å². The molecule has 0 spiro atoms. The standard InChI is InChI=1S/C23H28FN3O5S3.ClH/c1-4-26(5-2)14-15-27(21(28)13-16-35(31,32)18-11-9-17(24)10-12-18)23-25-22-19(33-23)7-6-8-20(22)34(3,29)30;/h6-12H,4-5,13-16H2,1-3H3;1H. The maximum absolute atomic E-state index is 13.3. The van der Waals surface area contributed by atoms with Crippen LogP contribution in [0.15, 0.2) is 52.3 Å². The van der Waals surface area contributed by atoms with Gasteiger partial charge in [-0.25, -0.2) is 26.2 Å². The molecule has 2 aromatic carbocycles. The molecule has 1 aromatic heterocycles. The molecule has 0 saturated carbocycles. The van der Waals surface area contributed by atoms with Gasteiger partial charge in [-0.05, 0) is 49.5 Å². The Bertz CT molecular complexity index is 1410. The smallest absolute Gasteiger partial charge is 0.229 e. The SMILES string of the molecule is CCN(CC)CCN(C(=O)CCS(=O)(=O)c1ccc(F)cc1)c1nc2c(S(C)(=O)=O)cccc2s1.Cl. The van der Waals surface area contributed by atoms with Crippen molar-refractivity contribution in [2.24, 2.45) is 0 Å². The van der Waals surface area contributed by atoms with Crippen LogP contribution in [-0.4, -0.2) is 70.8 Å². The van der Waals surface area contributed by atoms with Crippen LogP contribution in [0.2, 0.25) is 0 Å². The third-order valence-corrected chi connectivity index (χ3v) is 9.50. The zero-order chi connectivity index (χ0) is 25.8. The number of carbonyl (C=O) groups is 1. The number of para-hydroxylation sites is 1. The van der Waals surface area contributed by atoms with Crippen LogP contribution in [-0.2, 0) is 24.5 Å². The molecule has 8 nitrogen and oxygen atoms in total. The number of hydrogen-bond acceptors (Lipinski definition) is 8. The minimum atomic E-state index is -3.80. The summed E-state index contributed by atoms with van der Waals surface area (Å²) < 4.78 is 63.6. The molecule has 0 aliphatic carbocycles. The highest BCUT2D eigenvalue weighted by molar-refractivity contribution is 7.91. The number of halogens is 2. The molecule has 0 saturated heterocycles. The van der Waals surface area contributed by atoms with Gasteiger partial charge in [0.15, 0.2) is 24.8 Å². The van der Waals surface area contributed by atoms with Crippen molar-refractivity contribution in [2.45, 2.75) is 30.1 Å². The number of likely N-dealkylation sites (N-methyl/N-ethyl adjacent to an activating group) is 1. The average molecular weight is 578 g/mol. The maximum Gasteiger partial charge on any atom is 0.229 e. The van der Waals surface area contributed by atoms with E-state index >= 15 is 0 Å². The summed E-state index contributed by atoms with van der Waals surface area (Å²) in [6, 6.07) is 9.30. The number of sulfone groups is 2. The summed E-state index contributed by atoms with van der Waals surface area (Å²) in [4.78, 5) is 21.3. The van der Waals surface area contributed by atoms with Crippen LogP contribution in [0.25, 0.3) is 10.2 Å². The third kappa shape index (κ3) is 7.22. The molecule has 1 heterocycles. The van der Waals surface area contributed by atoms with Crippen molar-refractivity contribution in [3.8, 4) is 0 Å². The van der Waals surface area contributed by atoms with Crippen molar-refractivity contribution in [3.05, 3.63) is 48.3 Å². The largest absolute Gasteiger partial charge is 0.302 e. The fourth-order valence-corrected chi connectivity index (χ4v) is 6.71. The van der Waals surface area contributed by atoms with E-state index in [1.54, 1.807) is 12.1 Å². The Morgan fingerprint density at radius 3 is 2.22 bits per heavy atom. The van der Waals surface area contributed by atoms with E-state index in [0.717, 1.165) is 31.5 Å². The van der Waals surface area contributed by atoms with Crippen molar-refractivity contribution < 1.29 is 26.0 Å². The van der Waals surface area contributed by atoms with E-state index in [-0.39, 0.29) is 40.7 Å². The predicted molar refractivity (Wildman–Crippen MR) is 143 cm³/mol. The summed E-state index contributed by atoms with van der Waals surface area (Å²) in [5.41, 5.74) is 0.287. The quantitative estimate of drug-likeness (QED) is 0.319. The molecular formula is C23H29ClFN3O5S3. The summed E-state index contributed by atoms with van der Waals surface area (Å²) in [5.74, 6) is -1.44. The van der Waals surface area contributed by atoms with Crippen LogP contribution < -0.4 is 4.90 Å². The van der Waals surface area contributed by atoms with Gasteiger partial charge in [0.2, 0.25) is 5.91 Å². The van der Waals surface area contributed by atoms with Gasteiger partial charge in [-0.15, -0.1) is 12.4 Å². The first-order valence-electron chi connectivity index (χ1n) is 11.1. The number of nitrogens with zero attached hydrogens (tertiary/aromatic N) is 3. The van der Waals surface area contributed by atoms with Gasteiger partial charge >= 0.3 is 0 Å². The molecule has 0 unspecified atom stereocenters. The molecule has 0 fully saturated rings. The van der Waals surface area contributed by atoms with E-state index in [1.165, 1.54) is 34.4 Å². The monoisotopic (exact) mass is 577 g/mol. The molecule has 0 radical (unpaired) electrons. The van der Waals surface area contributed by atoms with Gasteiger partial charge in [0, 0.05) is 25.8 Å². The van der Waals surface area contributed by atoms with Crippen LogP contribution in [0, 0.1) is 5.82 Å². The van der Waals surface area contributed by atoms with Crippen molar-refractivity contribution in [1.29, 1.82) is 0 Å². The minimum Gasteiger partial charge on any atom is -0.302 e.